The Morgan fingerprint density at radius 1 is 1.05 bits per heavy atom. The second kappa shape index (κ2) is 6.43. The Kier molecular flexibility index (Phi) is 4.62. The summed E-state index contributed by atoms with van der Waals surface area (Å²) in [6, 6.07) is 8.97. The summed E-state index contributed by atoms with van der Waals surface area (Å²) < 4.78 is 37.5. The molecule has 0 saturated heterocycles. The van der Waals surface area contributed by atoms with Crippen LogP contribution in [0.1, 0.15) is 18.5 Å². The van der Waals surface area contributed by atoms with E-state index in [9.17, 15) is 8.78 Å². The molecule has 1 atom stereocenters. The van der Waals surface area contributed by atoms with Gasteiger partial charge in [-0.1, -0.05) is 12.1 Å². The maximum atomic E-state index is 13.8. The average molecular weight is 293 g/mol. The minimum Gasteiger partial charge on any atom is -0.497 e. The lowest BCUT2D eigenvalue weighted by molar-refractivity contribution is 0.395. The van der Waals surface area contributed by atoms with Crippen LogP contribution in [0.2, 0.25) is 0 Å². The first-order valence-corrected chi connectivity index (χ1v) is 6.49. The Morgan fingerprint density at radius 3 is 2.48 bits per heavy atom. The lowest BCUT2D eigenvalue weighted by Gasteiger charge is -2.19. The van der Waals surface area contributed by atoms with Crippen LogP contribution in [0.4, 0.5) is 14.5 Å². The van der Waals surface area contributed by atoms with Crippen molar-refractivity contribution in [2.75, 3.05) is 19.5 Å². The molecular formula is C16H17F2NO2. The van der Waals surface area contributed by atoms with Crippen molar-refractivity contribution < 1.29 is 18.3 Å². The smallest absolute Gasteiger partial charge is 0.164 e. The number of methoxy groups -OCH3 is 2. The van der Waals surface area contributed by atoms with Crippen molar-refractivity contribution in [2.24, 2.45) is 0 Å². The second-order valence-corrected chi connectivity index (χ2v) is 4.58. The number of hydrogen-bond donors (Lipinski definition) is 1. The van der Waals surface area contributed by atoms with Gasteiger partial charge < -0.3 is 14.8 Å². The predicted octanol–water partition coefficient (Wildman–Crippen LogP) is 4.16. The van der Waals surface area contributed by atoms with Gasteiger partial charge in [-0.25, -0.2) is 8.78 Å². The van der Waals surface area contributed by atoms with Crippen LogP contribution in [0.25, 0.3) is 0 Å². The van der Waals surface area contributed by atoms with Gasteiger partial charge in [-0.3, -0.25) is 0 Å². The van der Waals surface area contributed by atoms with E-state index in [1.165, 1.54) is 13.2 Å². The molecule has 0 aliphatic rings. The van der Waals surface area contributed by atoms with Crippen molar-refractivity contribution in [3.63, 3.8) is 0 Å². The van der Waals surface area contributed by atoms with Gasteiger partial charge in [0.05, 0.1) is 25.9 Å². The summed E-state index contributed by atoms with van der Waals surface area (Å²) in [5.74, 6) is -0.479. The summed E-state index contributed by atoms with van der Waals surface area (Å²) in [5.41, 5.74) is 0.933. The Balaban J connectivity index is 2.27. The van der Waals surface area contributed by atoms with Crippen molar-refractivity contribution >= 4 is 5.69 Å². The summed E-state index contributed by atoms with van der Waals surface area (Å²) in [7, 11) is 3.10. The van der Waals surface area contributed by atoms with E-state index in [1.54, 1.807) is 38.3 Å². The Labute approximate surface area is 122 Å². The van der Waals surface area contributed by atoms with Gasteiger partial charge in [-0.05, 0) is 25.1 Å². The Morgan fingerprint density at radius 2 is 1.81 bits per heavy atom. The summed E-state index contributed by atoms with van der Waals surface area (Å²) in [4.78, 5) is 0. The van der Waals surface area contributed by atoms with Crippen LogP contribution >= 0.6 is 0 Å². The summed E-state index contributed by atoms with van der Waals surface area (Å²) in [6.45, 7) is 1.75. The second-order valence-electron chi connectivity index (χ2n) is 4.58. The first-order chi connectivity index (χ1) is 10.1. The molecule has 21 heavy (non-hydrogen) atoms. The van der Waals surface area contributed by atoms with Gasteiger partial charge in [0.25, 0.3) is 0 Å². The van der Waals surface area contributed by atoms with Crippen LogP contribution < -0.4 is 14.8 Å². The van der Waals surface area contributed by atoms with E-state index in [0.29, 0.717) is 17.2 Å². The highest BCUT2D eigenvalue weighted by Crippen LogP contribution is 2.32. The first-order valence-electron chi connectivity index (χ1n) is 6.49. The molecule has 2 aromatic rings. The molecule has 112 valence electrons. The van der Waals surface area contributed by atoms with E-state index < -0.39 is 17.7 Å². The zero-order chi connectivity index (χ0) is 15.4. The van der Waals surface area contributed by atoms with Crippen LogP contribution in [-0.4, -0.2) is 14.2 Å². The molecular weight excluding hydrogens is 276 g/mol. The summed E-state index contributed by atoms with van der Waals surface area (Å²) in [5, 5.41) is 3.11. The van der Waals surface area contributed by atoms with Gasteiger partial charge in [-0.15, -0.1) is 0 Å². The van der Waals surface area contributed by atoms with Crippen LogP contribution in [-0.2, 0) is 0 Å². The van der Waals surface area contributed by atoms with Gasteiger partial charge in [0.2, 0.25) is 0 Å². The molecule has 0 spiro atoms. The largest absolute Gasteiger partial charge is 0.497 e. The van der Waals surface area contributed by atoms with E-state index >= 15 is 0 Å². The number of halogens is 2. The maximum Gasteiger partial charge on any atom is 0.164 e. The maximum absolute atomic E-state index is 13.8. The van der Waals surface area contributed by atoms with Crippen molar-refractivity contribution in [3.05, 3.63) is 53.6 Å². The number of benzene rings is 2. The third-order valence-electron chi connectivity index (χ3n) is 3.23. The molecule has 0 amide bonds. The third-order valence-corrected chi connectivity index (χ3v) is 3.23. The minimum atomic E-state index is -0.858. The number of nitrogens with one attached hydrogen (secondary N) is 1. The van der Waals surface area contributed by atoms with Crippen LogP contribution in [0.3, 0.4) is 0 Å². The molecule has 2 rings (SSSR count). The van der Waals surface area contributed by atoms with Crippen molar-refractivity contribution in [3.8, 4) is 11.5 Å². The standard InChI is InChI=1S/C16H17F2NO2/c1-10(12-5-4-6-13(17)16(12)18)19-14-8-7-11(20-2)9-15(14)21-3/h4-10,19H,1-3H3. The van der Waals surface area contributed by atoms with E-state index in [1.807, 2.05) is 0 Å². The fourth-order valence-electron chi connectivity index (χ4n) is 2.08. The molecule has 0 heterocycles. The monoisotopic (exact) mass is 293 g/mol. The third kappa shape index (κ3) is 3.24. The number of rotatable bonds is 5. The molecule has 3 nitrogen and oxygen atoms in total. The fraction of sp³-hybridized carbons (Fsp3) is 0.250. The van der Waals surface area contributed by atoms with Crippen LogP contribution in [0.5, 0.6) is 11.5 Å². The minimum absolute atomic E-state index is 0.257. The lowest BCUT2D eigenvalue weighted by Crippen LogP contribution is -2.10. The molecule has 0 aromatic heterocycles. The highest BCUT2D eigenvalue weighted by Gasteiger charge is 2.15. The van der Waals surface area contributed by atoms with E-state index in [2.05, 4.69) is 5.32 Å². The topological polar surface area (TPSA) is 30.5 Å². The lowest BCUT2D eigenvalue weighted by atomic mass is 10.1. The SMILES string of the molecule is COc1ccc(NC(C)c2cccc(F)c2F)c(OC)c1. The molecule has 2 aromatic carbocycles. The van der Waals surface area contributed by atoms with E-state index in [-0.39, 0.29) is 5.56 Å². The Hall–Kier alpha value is -2.30. The van der Waals surface area contributed by atoms with Gasteiger partial charge in [-0.2, -0.15) is 0 Å². The van der Waals surface area contributed by atoms with Gasteiger partial charge in [0.1, 0.15) is 11.5 Å². The number of anilines is 1. The number of ether oxygens (including phenoxy) is 2. The van der Waals surface area contributed by atoms with Gasteiger partial charge in [0, 0.05) is 11.6 Å². The van der Waals surface area contributed by atoms with Crippen molar-refractivity contribution in [1.29, 1.82) is 0 Å². The molecule has 1 unspecified atom stereocenters. The zero-order valence-corrected chi connectivity index (χ0v) is 12.1. The Bertz CT molecular complexity index is 632. The highest BCUT2D eigenvalue weighted by molar-refractivity contribution is 5.60. The molecule has 0 radical (unpaired) electrons. The zero-order valence-electron chi connectivity index (χ0n) is 12.1. The molecule has 0 saturated carbocycles. The van der Waals surface area contributed by atoms with E-state index in [0.717, 1.165) is 6.07 Å². The number of hydrogen-bond acceptors (Lipinski definition) is 3. The molecule has 0 bridgehead atoms. The van der Waals surface area contributed by atoms with Crippen molar-refractivity contribution in [1.82, 2.24) is 0 Å². The highest BCUT2D eigenvalue weighted by atomic mass is 19.2. The molecule has 5 heteroatoms. The van der Waals surface area contributed by atoms with Crippen molar-refractivity contribution in [2.45, 2.75) is 13.0 Å². The summed E-state index contributed by atoms with van der Waals surface area (Å²) in [6.07, 6.45) is 0. The van der Waals surface area contributed by atoms with Gasteiger partial charge in [0.15, 0.2) is 11.6 Å². The predicted molar refractivity (Wildman–Crippen MR) is 77.9 cm³/mol. The van der Waals surface area contributed by atoms with E-state index in [4.69, 9.17) is 9.47 Å². The molecule has 0 fully saturated rings. The molecule has 0 aliphatic carbocycles. The molecule has 0 aliphatic heterocycles. The summed E-state index contributed by atoms with van der Waals surface area (Å²) >= 11 is 0. The first kappa shape index (κ1) is 15.1. The van der Waals surface area contributed by atoms with Crippen LogP contribution in [0, 0.1) is 11.6 Å². The quantitative estimate of drug-likeness (QED) is 0.898. The van der Waals surface area contributed by atoms with Crippen LogP contribution in [0.15, 0.2) is 36.4 Å². The fourth-order valence-corrected chi connectivity index (χ4v) is 2.08. The van der Waals surface area contributed by atoms with Gasteiger partial charge >= 0.3 is 0 Å². The average Bonchev–Trinajstić information content (AvgIpc) is 2.50. The molecule has 1 N–H and O–H groups in total. The normalized spacial score (nSPS) is 11.9.